The molecule has 2 unspecified atom stereocenters. The maximum Gasteiger partial charge on any atom is 0.192 e. The van der Waals surface area contributed by atoms with Crippen LogP contribution in [0, 0.1) is 34.5 Å². The van der Waals surface area contributed by atoms with Gasteiger partial charge in [-0.15, -0.1) is 0 Å². The molecule has 0 aliphatic heterocycles. The molecule has 7 atom stereocenters. The van der Waals surface area contributed by atoms with Crippen molar-refractivity contribution in [2.24, 2.45) is 34.5 Å². The largest absolute Gasteiger partial charge is 0.414 e. The van der Waals surface area contributed by atoms with Crippen LogP contribution in [0.4, 0.5) is 0 Å². The molecule has 3 saturated carbocycles. The fourth-order valence-corrected chi connectivity index (χ4v) is 9.16. The van der Waals surface area contributed by atoms with Crippen molar-refractivity contribution in [2.45, 2.75) is 110 Å². The minimum absolute atomic E-state index is 0.189. The van der Waals surface area contributed by atoms with Gasteiger partial charge in [0.05, 0.1) is 0 Å². The number of fused-ring (bicyclic) bond motifs is 5. The fourth-order valence-electron chi connectivity index (χ4n) is 7.80. The molecule has 0 spiro atoms. The van der Waals surface area contributed by atoms with Gasteiger partial charge in [-0.05, 0) is 97.6 Å². The first-order chi connectivity index (χ1) is 13.4. The molecule has 0 radical (unpaired) electrons. The Kier molecular flexibility index (Phi) is 5.48. The average Bonchev–Trinajstić information content (AvgIpc) is 3.02. The number of allylic oxidation sites excluding steroid dienone is 1. The van der Waals surface area contributed by atoms with Crippen molar-refractivity contribution in [3.8, 4) is 0 Å². The second-order valence-corrected chi connectivity index (χ2v) is 17.8. The SMILES string of the molecule is CC(C)(C)[Si](C)(C)OC1CC2=CC[C@@H]3[C@@H](CC[C@]4(C)CCC[C@@H]34)[C@@]2(C)C(CO)C1. The molecule has 4 aliphatic carbocycles. The van der Waals surface area contributed by atoms with Gasteiger partial charge in [0.25, 0.3) is 0 Å². The van der Waals surface area contributed by atoms with Gasteiger partial charge in [-0.3, -0.25) is 0 Å². The van der Waals surface area contributed by atoms with Crippen LogP contribution in [0.5, 0.6) is 0 Å². The van der Waals surface area contributed by atoms with E-state index in [1.54, 1.807) is 5.57 Å². The highest BCUT2D eigenvalue weighted by atomic mass is 28.4. The lowest BCUT2D eigenvalue weighted by Crippen LogP contribution is -2.55. The van der Waals surface area contributed by atoms with E-state index in [1.165, 1.54) is 38.5 Å². The van der Waals surface area contributed by atoms with Crippen molar-refractivity contribution in [1.82, 2.24) is 0 Å². The van der Waals surface area contributed by atoms with Gasteiger partial charge in [-0.25, -0.2) is 0 Å². The Bertz CT molecular complexity index is 662. The lowest BCUT2D eigenvalue weighted by molar-refractivity contribution is -0.0743. The Morgan fingerprint density at radius 3 is 2.52 bits per heavy atom. The van der Waals surface area contributed by atoms with Gasteiger partial charge in [0.1, 0.15) is 0 Å². The van der Waals surface area contributed by atoms with Crippen LogP contribution in [-0.2, 0) is 4.43 Å². The van der Waals surface area contributed by atoms with Crippen molar-refractivity contribution in [2.75, 3.05) is 6.61 Å². The second kappa shape index (κ2) is 7.20. The summed E-state index contributed by atoms with van der Waals surface area (Å²) in [7, 11) is -1.79. The lowest BCUT2D eigenvalue weighted by Gasteiger charge is -2.60. The summed E-state index contributed by atoms with van der Waals surface area (Å²) < 4.78 is 6.88. The Balaban J connectivity index is 1.60. The topological polar surface area (TPSA) is 29.5 Å². The molecule has 0 aromatic rings. The summed E-state index contributed by atoms with van der Waals surface area (Å²) in [6.07, 6.45) is 13.4. The zero-order valence-electron chi connectivity index (χ0n) is 20.2. The van der Waals surface area contributed by atoms with Crippen LogP contribution >= 0.6 is 0 Å². The summed E-state index contributed by atoms with van der Waals surface area (Å²) in [6, 6.07) is 0. The van der Waals surface area contributed by atoms with E-state index in [1.807, 2.05) is 0 Å². The molecule has 0 heterocycles. The van der Waals surface area contributed by atoms with Crippen LogP contribution in [0.25, 0.3) is 0 Å². The Labute approximate surface area is 181 Å². The molecule has 0 aromatic heterocycles. The highest BCUT2D eigenvalue weighted by molar-refractivity contribution is 6.74. The third kappa shape index (κ3) is 3.42. The minimum atomic E-state index is -1.79. The first-order valence-corrected chi connectivity index (χ1v) is 15.3. The van der Waals surface area contributed by atoms with Crippen LogP contribution < -0.4 is 0 Å². The molecular formula is C26H46O2Si. The second-order valence-electron chi connectivity index (χ2n) is 13.0. The van der Waals surface area contributed by atoms with Crippen molar-refractivity contribution in [3.63, 3.8) is 0 Å². The molecular weight excluding hydrogens is 372 g/mol. The molecule has 29 heavy (non-hydrogen) atoms. The third-order valence-electron chi connectivity index (χ3n) is 10.6. The maximum atomic E-state index is 10.5. The smallest absolute Gasteiger partial charge is 0.192 e. The van der Waals surface area contributed by atoms with Crippen LogP contribution in [0.15, 0.2) is 11.6 Å². The molecule has 0 bridgehead atoms. The van der Waals surface area contributed by atoms with Gasteiger partial charge >= 0.3 is 0 Å². The highest BCUT2D eigenvalue weighted by Crippen LogP contribution is 2.66. The van der Waals surface area contributed by atoms with Crippen molar-refractivity contribution < 1.29 is 9.53 Å². The van der Waals surface area contributed by atoms with E-state index in [4.69, 9.17) is 4.43 Å². The Morgan fingerprint density at radius 2 is 1.86 bits per heavy atom. The van der Waals surface area contributed by atoms with E-state index in [-0.39, 0.29) is 10.5 Å². The van der Waals surface area contributed by atoms with Crippen LogP contribution in [0.3, 0.4) is 0 Å². The Morgan fingerprint density at radius 1 is 1.14 bits per heavy atom. The van der Waals surface area contributed by atoms with E-state index in [2.05, 4.69) is 53.8 Å². The first-order valence-electron chi connectivity index (χ1n) is 12.4. The Hall–Kier alpha value is -0.123. The van der Waals surface area contributed by atoms with Gasteiger partial charge < -0.3 is 9.53 Å². The monoisotopic (exact) mass is 418 g/mol. The molecule has 1 N–H and O–H groups in total. The van der Waals surface area contributed by atoms with Gasteiger partial charge in [0, 0.05) is 12.7 Å². The van der Waals surface area contributed by atoms with E-state index in [0.717, 1.165) is 30.6 Å². The van der Waals surface area contributed by atoms with E-state index < -0.39 is 8.32 Å². The third-order valence-corrected chi connectivity index (χ3v) is 15.2. The van der Waals surface area contributed by atoms with Gasteiger partial charge in [-0.1, -0.05) is 52.7 Å². The van der Waals surface area contributed by atoms with E-state index >= 15 is 0 Å². The average molecular weight is 419 g/mol. The summed E-state index contributed by atoms with van der Waals surface area (Å²) in [4.78, 5) is 0. The standard InChI is InChI=1S/C26H46O2Si/c1-24(2,3)29(6,7)28-20-15-18-10-11-21-22-9-8-13-25(22,4)14-12-23(21)26(18,5)19(16-20)17-27/h10,19-23,27H,8-9,11-17H2,1-7H3/t19?,20?,21-,22-,23+,25-,26+/m0/s1. The summed E-state index contributed by atoms with van der Waals surface area (Å²) in [6.45, 7) is 17.2. The molecule has 4 rings (SSSR count). The van der Waals surface area contributed by atoms with E-state index in [0.29, 0.717) is 24.0 Å². The summed E-state index contributed by atoms with van der Waals surface area (Å²) >= 11 is 0. The zero-order valence-corrected chi connectivity index (χ0v) is 21.2. The molecule has 3 heteroatoms. The predicted molar refractivity (Wildman–Crippen MR) is 124 cm³/mol. The zero-order chi connectivity index (χ0) is 21.2. The van der Waals surface area contributed by atoms with Crippen molar-refractivity contribution in [1.29, 1.82) is 0 Å². The van der Waals surface area contributed by atoms with Gasteiger partial charge in [-0.2, -0.15) is 0 Å². The lowest BCUT2D eigenvalue weighted by atomic mass is 9.46. The summed E-state index contributed by atoms with van der Waals surface area (Å²) in [5.41, 5.74) is 2.42. The molecule has 0 amide bonds. The number of aliphatic hydroxyl groups is 1. The summed E-state index contributed by atoms with van der Waals surface area (Å²) in [5, 5.41) is 10.8. The predicted octanol–water partition coefficient (Wildman–Crippen LogP) is 6.95. The fraction of sp³-hybridized carbons (Fsp3) is 0.923. The van der Waals surface area contributed by atoms with Crippen LogP contribution in [0.2, 0.25) is 18.1 Å². The number of hydrogen-bond donors (Lipinski definition) is 1. The summed E-state index contributed by atoms with van der Waals surface area (Å²) in [5.74, 6) is 2.88. The maximum absolute atomic E-state index is 10.5. The van der Waals surface area contributed by atoms with Gasteiger partial charge in [0.15, 0.2) is 8.32 Å². The van der Waals surface area contributed by atoms with Crippen LogP contribution in [-0.4, -0.2) is 26.1 Å². The number of rotatable bonds is 3. The first kappa shape index (κ1) is 22.1. The molecule has 0 saturated heterocycles. The highest BCUT2D eigenvalue weighted by Gasteiger charge is 2.58. The normalized spacial score (nSPS) is 45.2. The molecule has 4 aliphatic rings. The quantitative estimate of drug-likeness (QED) is 0.397. The molecule has 166 valence electrons. The van der Waals surface area contributed by atoms with Crippen molar-refractivity contribution >= 4 is 8.32 Å². The number of aliphatic hydroxyl groups excluding tert-OH is 1. The number of hydrogen-bond acceptors (Lipinski definition) is 2. The van der Waals surface area contributed by atoms with Gasteiger partial charge in [0.2, 0.25) is 0 Å². The molecule has 0 aromatic carbocycles. The van der Waals surface area contributed by atoms with Crippen LogP contribution in [0.1, 0.15) is 86.0 Å². The molecule has 2 nitrogen and oxygen atoms in total. The molecule has 3 fully saturated rings. The van der Waals surface area contributed by atoms with E-state index in [9.17, 15) is 5.11 Å². The van der Waals surface area contributed by atoms with Crippen molar-refractivity contribution in [3.05, 3.63) is 11.6 Å². The minimum Gasteiger partial charge on any atom is -0.414 e.